The van der Waals surface area contributed by atoms with Crippen LogP contribution >= 0.6 is 15.9 Å². The molecular weight excluding hydrogens is 684 g/mol. The molecule has 13 heteroatoms. The third-order valence-corrected chi connectivity index (χ3v) is 9.21. The number of anilines is 1. The lowest BCUT2D eigenvalue weighted by Crippen LogP contribution is -2.37. The number of hydrogen-bond acceptors (Lipinski definition) is 8. The van der Waals surface area contributed by atoms with Crippen LogP contribution in [0.15, 0.2) is 82.4 Å². The molecule has 0 bridgehead atoms. The van der Waals surface area contributed by atoms with Crippen LogP contribution in [0.2, 0.25) is 0 Å². The standard InChI is InChI=1S/C34H37BrN6O5S/c1-21-8-6-9-22(2)31(21)28-16-30(39-33(38-28)40-47(44,45)27-11-7-10-23(14-27)32(42)43)46-20-25(17-34(3,4)5)36-18-26-19-41-13-12-24(35)15-29(41)37-26/h6-16,19,25,36H,17-18,20H2,1-5H3,(H,42,43)(H,38,39,40)/t25-/m1/s1. The Hall–Kier alpha value is -4.33. The summed E-state index contributed by atoms with van der Waals surface area (Å²) in [6.45, 7) is 11.1. The third kappa shape index (κ3) is 8.73. The highest BCUT2D eigenvalue weighted by molar-refractivity contribution is 9.10. The molecule has 3 N–H and O–H groups in total. The Morgan fingerprint density at radius 2 is 1.74 bits per heavy atom. The quantitative estimate of drug-likeness (QED) is 0.129. The monoisotopic (exact) mass is 720 g/mol. The Morgan fingerprint density at radius 3 is 2.45 bits per heavy atom. The highest BCUT2D eigenvalue weighted by Crippen LogP contribution is 2.30. The van der Waals surface area contributed by atoms with Gasteiger partial charge in [-0.05, 0) is 67.1 Å². The molecule has 0 unspecified atom stereocenters. The maximum atomic E-state index is 13.4. The molecule has 47 heavy (non-hydrogen) atoms. The van der Waals surface area contributed by atoms with E-state index in [2.05, 4.69) is 56.7 Å². The zero-order valence-corrected chi connectivity index (χ0v) is 29.2. The van der Waals surface area contributed by atoms with Gasteiger partial charge in [-0.25, -0.2) is 27.9 Å². The first-order valence-corrected chi connectivity index (χ1v) is 17.3. The zero-order valence-electron chi connectivity index (χ0n) is 26.8. The SMILES string of the molecule is Cc1cccc(C)c1-c1cc(OC[C@@H](CC(C)(C)C)NCc2cn3ccc(Br)cc3n2)nc(NS(=O)(=O)c2cccc(C(=O)O)c2)n1. The van der Waals surface area contributed by atoms with Gasteiger partial charge in [-0.15, -0.1) is 0 Å². The first-order chi connectivity index (χ1) is 22.2. The number of aromatic nitrogens is 4. The number of pyridine rings is 1. The average Bonchev–Trinajstić information content (AvgIpc) is 3.39. The van der Waals surface area contributed by atoms with Crippen molar-refractivity contribution >= 4 is 43.5 Å². The van der Waals surface area contributed by atoms with Gasteiger partial charge in [0.2, 0.25) is 11.8 Å². The summed E-state index contributed by atoms with van der Waals surface area (Å²) in [5.41, 5.74) is 4.75. The van der Waals surface area contributed by atoms with E-state index in [1.807, 2.05) is 61.0 Å². The molecule has 0 aliphatic carbocycles. The third-order valence-electron chi connectivity index (χ3n) is 7.39. The minimum absolute atomic E-state index is 0.0226. The molecule has 0 saturated heterocycles. The van der Waals surface area contributed by atoms with Gasteiger partial charge in [0.15, 0.2) is 0 Å². The molecule has 0 fully saturated rings. The predicted octanol–water partition coefficient (Wildman–Crippen LogP) is 6.64. The van der Waals surface area contributed by atoms with Crippen LogP contribution in [0.3, 0.4) is 0 Å². The number of hydrogen-bond donors (Lipinski definition) is 3. The molecule has 1 atom stereocenters. The molecule has 0 aliphatic rings. The van der Waals surface area contributed by atoms with Crippen LogP contribution < -0.4 is 14.8 Å². The van der Waals surface area contributed by atoms with Gasteiger partial charge in [-0.1, -0.05) is 61.0 Å². The average molecular weight is 722 g/mol. The van der Waals surface area contributed by atoms with Gasteiger partial charge in [0.1, 0.15) is 12.3 Å². The van der Waals surface area contributed by atoms with Gasteiger partial charge < -0.3 is 19.6 Å². The summed E-state index contributed by atoms with van der Waals surface area (Å²) in [4.78, 5) is 24.9. The summed E-state index contributed by atoms with van der Waals surface area (Å²) in [5.74, 6) is -1.25. The molecular formula is C34H37BrN6O5S. The Labute approximate surface area is 282 Å². The number of halogens is 1. The fourth-order valence-corrected chi connectivity index (χ4v) is 6.64. The number of ether oxygens (including phenoxy) is 1. The van der Waals surface area contributed by atoms with Gasteiger partial charge in [0.25, 0.3) is 10.0 Å². The summed E-state index contributed by atoms with van der Waals surface area (Å²) in [5, 5.41) is 12.9. The predicted molar refractivity (Wildman–Crippen MR) is 184 cm³/mol. The Bertz CT molecular complexity index is 2020. The molecule has 0 spiro atoms. The molecule has 0 aliphatic heterocycles. The fourth-order valence-electron chi connectivity index (χ4n) is 5.33. The van der Waals surface area contributed by atoms with Gasteiger partial charge in [-0.2, -0.15) is 4.98 Å². The largest absolute Gasteiger partial charge is 0.478 e. The van der Waals surface area contributed by atoms with Crippen LogP contribution in [0, 0.1) is 19.3 Å². The van der Waals surface area contributed by atoms with E-state index in [9.17, 15) is 18.3 Å². The minimum atomic E-state index is -4.23. The number of nitrogens with zero attached hydrogens (tertiary/aromatic N) is 4. The number of imidazole rings is 1. The van der Waals surface area contributed by atoms with E-state index in [1.54, 1.807) is 6.07 Å². The lowest BCUT2D eigenvalue weighted by molar-refractivity contribution is 0.0696. The number of carboxylic acid groups (broad SMARTS) is 1. The first-order valence-electron chi connectivity index (χ1n) is 15.0. The van der Waals surface area contributed by atoms with Gasteiger partial charge in [0, 0.05) is 41.1 Å². The Morgan fingerprint density at radius 1 is 1.02 bits per heavy atom. The van der Waals surface area contributed by atoms with Crippen molar-refractivity contribution in [3.05, 3.63) is 99.9 Å². The van der Waals surface area contributed by atoms with Crippen molar-refractivity contribution in [3.8, 4) is 17.1 Å². The van der Waals surface area contributed by atoms with Crippen LogP contribution in [0.5, 0.6) is 5.88 Å². The van der Waals surface area contributed by atoms with Crippen molar-refractivity contribution < 1.29 is 23.1 Å². The fraction of sp³-hybridized carbons (Fsp3) is 0.294. The molecule has 0 amide bonds. The van der Waals surface area contributed by atoms with Crippen LogP contribution in [-0.4, -0.2) is 51.5 Å². The minimum Gasteiger partial charge on any atom is -0.478 e. The van der Waals surface area contributed by atoms with E-state index in [1.165, 1.54) is 18.2 Å². The number of carboxylic acids is 1. The molecule has 5 rings (SSSR count). The highest BCUT2D eigenvalue weighted by Gasteiger charge is 2.23. The number of aromatic carboxylic acids is 1. The summed E-state index contributed by atoms with van der Waals surface area (Å²) in [6, 6.07) is 16.5. The summed E-state index contributed by atoms with van der Waals surface area (Å²) in [6.07, 6.45) is 4.71. The van der Waals surface area contributed by atoms with Crippen LogP contribution in [-0.2, 0) is 16.6 Å². The normalized spacial score (nSPS) is 12.6. The maximum absolute atomic E-state index is 13.4. The Kier molecular flexibility index (Phi) is 9.99. The van der Waals surface area contributed by atoms with E-state index in [0.717, 1.165) is 45.0 Å². The van der Waals surface area contributed by atoms with Crippen LogP contribution in [0.25, 0.3) is 16.9 Å². The van der Waals surface area contributed by atoms with Gasteiger partial charge in [0.05, 0.1) is 21.8 Å². The first kappa shape index (κ1) is 34.0. The molecule has 2 aromatic carbocycles. The molecule has 3 heterocycles. The number of rotatable bonds is 12. The molecule has 0 radical (unpaired) electrons. The number of carbonyl (C=O) groups is 1. The zero-order chi connectivity index (χ0) is 33.9. The molecule has 11 nitrogen and oxygen atoms in total. The van der Waals surface area contributed by atoms with E-state index in [0.29, 0.717) is 12.2 Å². The van der Waals surface area contributed by atoms with Crippen molar-refractivity contribution in [2.75, 3.05) is 11.3 Å². The second-order valence-corrected chi connectivity index (χ2v) is 15.2. The molecule has 0 saturated carbocycles. The Balaban J connectivity index is 1.43. The number of benzene rings is 2. The smallest absolute Gasteiger partial charge is 0.335 e. The van der Waals surface area contributed by atoms with Crippen LogP contribution in [0.4, 0.5) is 5.95 Å². The van der Waals surface area contributed by atoms with Crippen molar-refractivity contribution in [2.45, 2.75) is 58.5 Å². The van der Waals surface area contributed by atoms with Crippen molar-refractivity contribution in [2.24, 2.45) is 5.41 Å². The summed E-state index contributed by atoms with van der Waals surface area (Å²) >= 11 is 3.49. The van der Waals surface area contributed by atoms with E-state index in [-0.39, 0.29) is 40.4 Å². The van der Waals surface area contributed by atoms with E-state index in [4.69, 9.17) is 9.72 Å². The summed E-state index contributed by atoms with van der Waals surface area (Å²) < 4.78 is 38.3. The number of nitrogens with one attached hydrogen (secondary N) is 2. The van der Waals surface area contributed by atoms with E-state index >= 15 is 0 Å². The molecule has 3 aromatic heterocycles. The van der Waals surface area contributed by atoms with Crippen LogP contribution in [0.1, 0.15) is 54.4 Å². The number of fused-ring (bicyclic) bond motifs is 1. The maximum Gasteiger partial charge on any atom is 0.335 e. The topological polar surface area (TPSA) is 148 Å². The van der Waals surface area contributed by atoms with Crippen molar-refractivity contribution in [1.29, 1.82) is 0 Å². The molecule has 246 valence electrons. The number of aryl methyl sites for hydroxylation is 2. The van der Waals surface area contributed by atoms with Gasteiger partial charge >= 0.3 is 5.97 Å². The lowest BCUT2D eigenvalue weighted by Gasteiger charge is -2.26. The highest BCUT2D eigenvalue weighted by atomic mass is 79.9. The lowest BCUT2D eigenvalue weighted by atomic mass is 9.88. The summed E-state index contributed by atoms with van der Waals surface area (Å²) in [7, 11) is -4.23. The van der Waals surface area contributed by atoms with E-state index < -0.39 is 16.0 Å². The van der Waals surface area contributed by atoms with Crippen molar-refractivity contribution in [1.82, 2.24) is 24.7 Å². The van der Waals surface area contributed by atoms with Gasteiger partial charge in [-0.3, -0.25) is 0 Å². The van der Waals surface area contributed by atoms with Crippen molar-refractivity contribution in [3.63, 3.8) is 0 Å². The molecule has 5 aromatic rings. The number of sulfonamides is 1. The second-order valence-electron chi connectivity index (χ2n) is 12.6. The second kappa shape index (κ2) is 13.8.